The Balaban J connectivity index is 1.69. The zero-order valence-electron chi connectivity index (χ0n) is 12.0. The number of carbonyl (C=O) groups excluding carboxylic acids is 1. The van der Waals surface area contributed by atoms with Crippen molar-refractivity contribution in [3.63, 3.8) is 0 Å². The monoisotopic (exact) mass is 262 g/mol. The summed E-state index contributed by atoms with van der Waals surface area (Å²) in [7, 11) is 3.89. The smallest absolute Gasteiger partial charge is 0.231 e. The van der Waals surface area contributed by atoms with E-state index in [9.17, 15) is 4.79 Å². The Kier molecular flexibility index (Phi) is 2.89. The topological polar surface area (TPSA) is 41.4 Å². The zero-order valence-corrected chi connectivity index (χ0v) is 12.0. The first kappa shape index (κ1) is 12.7. The number of rotatable bonds is 2. The summed E-state index contributed by atoms with van der Waals surface area (Å²) in [4.78, 5) is 16.3. The largest absolute Gasteiger partial charge is 0.344 e. The summed E-state index contributed by atoms with van der Waals surface area (Å²) in [5.41, 5.74) is 2.21. The molecular formula is C14H22N4O. The molecule has 3 heterocycles. The Morgan fingerprint density at radius 3 is 2.74 bits per heavy atom. The van der Waals surface area contributed by atoms with E-state index in [1.54, 1.807) is 0 Å². The van der Waals surface area contributed by atoms with E-state index in [1.807, 2.05) is 30.6 Å². The molecule has 1 aromatic heterocycles. The molecule has 19 heavy (non-hydrogen) atoms. The summed E-state index contributed by atoms with van der Waals surface area (Å²) in [6, 6.07) is 2.13. The van der Waals surface area contributed by atoms with Crippen molar-refractivity contribution in [1.29, 1.82) is 0 Å². The molecule has 1 aromatic rings. The molecule has 2 aliphatic rings. The van der Waals surface area contributed by atoms with Gasteiger partial charge in [-0.25, -0.2) is 0 Å². The van der Waals surface area contributed by atoms with E-state index in [0.717, 1.165) is 44.7 Å². The number of hydrogen-bond donors (Lipinski definition) is 0. The van der Waals surface area contributed by atoms with E-state index in [0.29, 0.717) is 5.91 Å². The van der Waals surface area contributed by atoms with E-state index in [1.165, 1.54) is 5.69 Å². The van der Waals surface area contributed by atoms with Gasteiger partial charge in [-0.15, -0.1) is 0 Å². The normalized spacial score (nSPS) is 27.9. The second kappa shape index (κ2) is 4.34. The molecule has 3 rings (SSSR count). The highest BCUT2D eigenvalue weighted by atomic mass is 16.2. The third-order valence-corrected chi connectivity index (χ3v) is 4.48. The van der Waals surface area contributed by atoms with Gasteiger partial charge in [0.25, 0.3) is 0 Å². The Morgan fingerprint density at radius 1 is 1.37 bits per heavy atom. The van der Waals surface area contributed by atoms with Crippen molar-refractivity contribution in [2.75, 3.05) is 26.7 Å². The lowest BCUT2D eigenvalue weighted by Gasteiger charge is -2.52. The van der Waals surface area contributed by atoms with Crippen LogP contribution >= 0.6 is 0 Å². The number of likely N-dealkylation sites (tertiary alicyclic amines) is 2. The molecule has 0 saturated carbocycles. The Bertz CT molecular complexity index is 506. The fourth-order valence-electron chi connectivity index (χ4n) is 3.61. The molecule has 0 N–H and O–H groups in total. The van der Waals surface area contributed by atoms with Crippen LogP contribution in [0.4, 0.5) is 0 Å². The van der Waals surface area contributed by atoms with Crippen molar-refractivity contribution in [3.8, 4) is 0 Å². The molecule has 0 radical (unpaired) electrons. The first-order valence-electron chi connectivity index (χ1n) is 6.98. The number of hydrogen-bond acceptors (Lipinski definition) is 3. The number of β-lactam (4-membered cyclic amide) rings is 1. The van der Waals surface area contributed by atoms with Crippen LogP contribution < -0.4 is 0 Å². The van der Waals surface area contributed by atoms with Gasteiger partial charge in [-0.3, -0.25) is 14.4 Å². The van der Waals surface area contributed by atoms with E-state index >= 15 is 0 Å². The van der Waals surface area contributed by atoms with Crippen molar-refractivity contribution in [3.05, 3.63) is 17.5 Å². The number of carbonyl (C=O) groups is 1. The van der Waals surface area contributed by atoms with Crippen LogP contribution in [0.2, 0.25) is 0 Å². The number of nitrogens with zero attached hydrogens (tertiary/aromatic N) is 4. The molecule has 0 unspecified atom stereocenters. The fraction of sp³-hybridized carbons (Fsp3) is 0.714. The fourth-order valence-corrected chi connectivity index (χ4v) is 3.61. The molecule has 0 aliphatic carbocycles. The molecule has 2 saturated heterocycles. The van der Waals surface area contributed by atoms with Crippen LogP contribution in [-0.4, -0.2) is 52.2 Å². The number of piperidine rings is 1. The average molecular weight is 262 g/mol. The van der Waals surface area contributed by atoms with Crippen molar-refractivity contribution in [1.82, 2.24) is 19.6 Å². The summed E-state index contributed by atoms with van der Waals surface area (Å²) >= 11 is 0. The predicted molar refractivity (Wildman–Crippen MR) is 72.5 cm³/mol. The van der Waals surface area contributed by atoms with Gasteiger partial charge < -0.3 is 4.90 Å². The number of aryl methyl sites for hydroxylation is 2. The maximum Gasteiger partial charge on any atom is 0.231 e. The minimum absolute atomic E-state index is 0.0827. The Morgan fingerprint density at radius 2 is 2.16 bits per heavy atom. The van der Waals surface area contributed by atoms with Crippen LogP contribution in [0.25, 0.3) is 0 Å². The highest BCUT2D eigenvalue weighted by Crippen LogP contribution is 2.39. The van der Waals surface area contributed by atoms with Gasteiger partial charge in [0.1, 0.15) is 0 Å². The van der Waals surface area contributed by atoms with Gasteiger partial charge in [0.2, 0.25) is 5.91 Å². The predicted octanol–water partition coefficient (Wildman–Crippen LogP) is 0.783. The number of amides is 1. The van der Waals surface area contributed by atoms with Crippen LogP contribution in [0.15, 0.2) is 6.07 Å². The lowest BCUT2D eigenvalue weighted by Crippen LogP contribution is -2.65. The SMILES string of the molecule is Cc1cc(CN2CCC[C@@]3(C2)CN(C)C3=O)n(C)n1. The van der Waals surface area contributed by atoms with Gasteiger partial charge in [0.15, 0.2) is 0 Å². The van der Waals surface area contributed by atoms with E-state index in [4.69, 9.17) is 0 Å². The van der Waals surface area contributed by atoms with Crippen LogP contribution in [0, 0.1) is 12.3 Å². The van der Waals surface area contributed by atoms with Crippen molar-refractivity contribution < 1.29 is 4.79 Å². The number of aromatic nitrogens is 2. The molecule has 5 nitrogen and oxygen atoms in total. The first-order valence-corrected chi connectivity index (χ1v) is 6.98. The summed E-state index contributed by atoms with van der Waals surface area (Å²) < 4.78 is 1.95. The maximum atomic E-state index is 12.1. The van der Waals surface area contributed by atoms with Crippen LogP contribution in [-0.2, 0) is 18.4 Å². The molecular weight excluding hydrogens is 240 g/mol. The molecule has 5 heteroatoms. The lowest BCUT2D eigenvalue weighted by atomic mass is 9.72. The van der Waals surface area contributed by atoms with Gasteiger partial charge in [0.05, 0.1) is 16.8 Å². The van der Waals surface area contributed by atoms with Gasteiger partial charge in [-0.2, -0.15) is 5.10 Å². The van der Waals surface area contributed by atoms with Gasteiger partial charge in [-0.05, 0) is 32.4 Å². The minimum Gasteiger partial charge on any atom is -0.344 e. The van der Waals surface area contributed by atoms with Crippen LogP contribution in [0.3, 0.4) is 0 Å². The lowest BCUT2D eigenvalue weighted by molar-refractivity contribution is -0.163. The van der Waals surface area contributed by atoms with Gasteiger partial charge in [-0.1, -0.05) is 0 Å². The highest BCUT2D eigenvalue weighted by molar-refractivity contribution is 5.88. The Labute approximate surface area is 114 Å². The maximum absolute atomic E-state index is 12.1. The summed E-state index contributed by atoms with van der Waals surface area (Å²) in [5, 5.41) is 4.39. The highest BCUT2D eigenvalue weighted by Gasteiger charge is 2.52. The second-order valence-corrected chi connectivity index (χ2v) is 6.16. The second-order valence-electron chi connectivity index (χ2n) is 6.16. The molecule has 2 fully saturated rings. The minimum atomic E-state index is -0.0827. The molecule has 1 spiro atoms. The van der Waals surface area contributed by atoms with Crippen molar-refractivity contribution in [2.24, 2.45) is 12.5 Å². The summed E-state index contributed by atoms with van der Waals surface area (Å²) in [5.74, 6) is 0.332. The molecule has 0 aromatic carbocycles. The molecule has 1 atom stereocenters. The van der Waals surface area contributed by atoms with Crippen molar-refractivity contribution >= 4 is 5.91 Å². The average Bonchev–Trinajstić information content (AvgIpc) is 2.68. The van der Waals surface area contributed by atoms with E-state index in [-0.39, 0.29) is 5.41 Å². The summed E-state index contributed by atoms with van der Waals surface area (Å²) in [6.07, 6.45) is 2.17. The van der Waals surface area contributed by atoms with Crippen LogP contribution in [0.5, 0.6) is 0 Å². The molecule has 0 bridgehead atoms. The summed E-state index contributed by atoms with van der Waals surface area (Å²) in [6.45, 7) is 5.83. The Hall–Kier alpha value is -1.36. The molecule has 1 amide bonds. The van der Waals surface area contributed by atoms with E-state index in [2.05, 4.69) is 16.1 Å². The van der Waals surface area contributed by atoms with Crippen molar-refractivity contribution in [2.45, 2.75) is 26.3 Å². The third-order valence-electron chi connectivity index (χ3n) is 4.48. The molecule has 104 valence electrons. The van der Waals surface area contributed by atoms with Gasteiger partial charge >= 0.3 is 0 Å². The van der Waals surface area contributed by atoms with Crippen LogP contribution in [0.1, 0.15) is 24.2 Å². The van der Waals surface area contributed by atoms with E-state index < -0.39 is 0 Å². The third kappa shape index (κ3) is 2.06. The first-order chi connectivity index (χ1) is 9.00. The quantitative estimate of drug-likeness (QED) is 0.740. The standard InChI is InChI=1S/C14H22N4O/c1-11-7-12(17(3)15-11)8-18-6-4-5-14(10-18)9-16(2)13(14)19/h7H,4-6,8-10H2,1-3H3/t14-/m0/s1. The van der Waals surface area contributed by atoms with Gasteiger partial charge in [0, 0.05) is 33.7 Å². The molecule has 2 aliphatic heterocycles. The zero-order chi connectivity index (χ0) is 13.6.